The third kappa shape index (κ3) is 1.94. The topological polar surface area (TPSA) is 21.6 Å². The summed E-state index contributed by atoms with van der Waals surface area (Å²) in [5, 5.41) is 0. The van der Waals surface area contributed by atoms with Crippen LogP contribution in [0.25, 0.3) is 0 Å². The molecule has 2 nitrogen and oxygen atoms in total. The number of nitrogens with zero attached hydrogens (tertiary/aromatic N) is 1. The average molecular weight is 223 g/mol. The fraction of sp³-hybridized carbons (Fsp3) is 0.133. The SMILES string of the molecule is Cc1cccc(C2=Nc3ccccc3CO2)c1. The molecule has 0 N–H and O–H groups in total. The number of hydrogen-bond acceptors (Lipinski definition) is 2. The van der Waals surface area contributed by atoms with Crippen LogP contribution in [-0.2, 0) is 11.3 Å². The minimum atomic E-state index is 0.600. The lowest BCUT2D eigenvalue weighted by atomic mass is 10.1. The van der Waals surface area contributed by atoms with Gasteiger partial charge in [-0.1, -0.05) is 35.9 Å². The number of benzene rings is 2. The van der Waals surface area contributed by atoms with Crippen molar-refractivity contribution in [2.24, 2.45) is 4.99 Å². The molecule has 0 fully saturated rings. The molecule has 0 aliphatic carbocycles. The largest absolute Gasteiger partial charge is 0.472 e. The molecule has 1 aliphatic rings. The molecule has 0 saturated heterocycles. The van der Waals surface area contributed by atoms with Crippen molar-refractivity contribution in [1.82, 2.24) is 0 Å². The third-order valence-corrected chi connectivity index (χ3v) is 2.84. The van der Waals surface area contributed by atoms with Crippen LogP contribution in [0, 0.1) is 6.92 Å². The zero-order valence-electron chi connectivity index (χ0n) is 9.68. The van der Waals surface area contributed by atoms with E-state index in [1.54, 1.807) is 0 Å². The van der Waals surface area contributed by atoms with Crippen molar-refractivity contribution in [3.05, 3.63) is 65.2 Å². The van der Waals surface area contributed by atoms with Crippen LogP contribution < -0.4 is 0 Å². The summed E-state index contributed by atoms with van der Waals surface area (Å²) in [6.45, 7) is 2.67. The highest BCUT2D eigenvalue weighted by atomic mass is 16.5. The van der Waals surface area contributed by atoms with E-state index in [2.05, 4.69) is 24.0 Å². The van der Waals surface area contributed by atoms with Crippen LogP contribution in [0.1, 0.15) is 16.7 Å². The Morgan fingerprint density at radius 3 is 2.82 bits per heavy atom. The molecule has 2 aromatic carbocycles. The van der Waals surface area contributed by atoms with Gasteiger partial charge in [-0.15, -0.1) is 0 Å². The Hall–Kier alpha value is -2.09. The van der Waals surface area contributed by atoms with Gasteiger partial charge in [0.2, 0.25) is 5.90 Å². The number of para-hydroxylation sites is 1. The molecule has 0 bridgehead atoms. The molecule has 1 aliphatic heterocycles. The Labute approximate surface area is 101 Å². The summed E-state index contributed by atoms with van der Waals surface area (Å²) < 4.78 is 5.70. The number of aliphatic imine (C=N–C) groups is 1. The van der Waals surface area contributed by atoms with Gasteiger partial charge < -0.3 is 4.74 Å². The van der Waals surface area contributed by atoms with E-state index >= 15 is 0 Å². The standard InChI is InChI=1S/C15H13NO/c1-11-5-4-7-12(9-11)15-16-14-8-3-2-6-13(14)10-17-15/h2-9H,10H2,1H3. The molecule has 0 saturated carbocycles. The van der Waals surface area contributed by atoms with Crippen LogP contribution in [0.5, 0.6) is 0 Å². The predicted molar refractivity (Wildman–Crippen MR) is 68.6 cm³/mol. The van der Waals surface area contributed by atoms with Crippen LogP contribution >= 0.6 is 0 Å². The molecule has 0 aromatic heterocycles. The Balaban J connectivity index is 2.04. The van der Waals surface area contributed by atoms with E-state index in [9.17, 15) is 0 Å². The normalized spacial score (nSPS) is 13.6. The lowest BCUT2D eigenvalue weighted by Gasteiger charge is -2.16. The summed E-state index contributed by atoms with van der Waals surface area (Å²) in [5.74, 6) is 0.715. The van der Waals surface area contributed by atoms with Gasteiger partial charge in [0.15, 0.2) is 0 Å². The van der Waals surface area contributed by atoms with Crippen LogP contribution in [0.4, 0.5) is 5.69 Å². The number of rotatable bonds is 1. The van der Waals surface area contributed by atoms with Crippen molar-refractivity contribution in [1.29, 1.82) is 0 Å². The second-order valence-electron chi connectivity index (χ2n) is 4.20. The van der Waals surface area contributed by atoms with Crippen LogP contribution in [0.2, 0.25) is 0 Å². The monoisotopic (exact) mass is 223 g/mol. The van der Waals surface area contributed by atoms with Crippen molar-refractivity contribution in [3.8, 4) is 0 Å². The van der Waals surface area contributed by atoms with E-state index in [0.717, 1.165) is 16.8 Å². The first-order valence-electron chi connectivity index (χ1n) is 5.69. The van der Waals surface area contributed by atoms with Crippen molar-refractivity contribution in [2.45, 2.75) is 13.5 Å². The van der Waals surface area contributed by atoms with Gasteiger partial charge in [-0.2, -0.15) is 0 Å². The van der Waals surface area contributed by atoms with Gasteiger partial charge in [-0.05, 0) is 25.1 Å². The summed E-state index contributed by atoms with van der Waals surface area (Å²) in [7, 11) is 0. The van der Waals surface area contributed by atoms with Gasteiger partial charge in [-0.25, -0.2) is 4.99 Å². The summed E-state index contributed by atoms with van der Waals surface area (Å²) >= 11 is 0. The number of ether oxygens (including phenoxy) is 1. The minimum Gasteiger partial charge on any atom is -0.472 e. The second-order valence-corrected chi connectivity index (χ2v) is 4.20. The zero-order chi connectivity index (χ0) is 11.7. The van der Waals surface area contributed by atoms with E-state index in [1.165, 1.54) is 5.56 Å². The lowest BCUT2D eigenvalue weighted by Crippen LogP contribution is -2.11. The number of hydrogen-bond donors (Lipinski definition) is 0. The Kier molecular flexibility index (Phi) is 2.41. The van der Waals surface area contributed by atoms with Crippen molar-refractivity contribution in [3.63, 3.8) is 0 Å². The molecule has 0 spiro atoms. The predicted octanol–water partition coefficient (Wildman–Crippen LogP) is 3.60. The fourth-order valence-corrected chi connectivity index (χ4v) is 1.96. The van der Waals surface area contributed by atoms with Crippen molar-refractivity contribution >= 4 is 11.6 Å². The molecular formula is C15H13NO. The lowest BCUT2D eigenvalue weighted by molar-refractivity contribution is 0.288. The van der Waals surface area contributed by atoms with Gasteiger partial charge in [-0.3, -0.25) is 0 Å². The highest BCUT2D eigenvalue weighted by molar-refractivity contribution is 5.97. The van der Waals surface area contributed by atoms with Gasteiger partial charge >= 0.3 is 0 Å². The highest BCUT2D eigenvalue weighted by Gasteiger charge is 2.13. The first-order chi connectivity index (χ1) is 8.33. The van der Waals surface area contributed by atoms with Gasteiger partial charge in [0.1, 0.15) is 6.61 Å². The first kappa shape index (κ1) is 10.1. The molecule has 0 unspecified atom stereocenters. The van der Waals surface area contributed by atoms with E-state index < -0.39 is 0 Å². The minimum absolute atomic E-state index is 0.600. The number of aryl methyl sites for hydroxylation is 1. The summed E-state index contributed by atoms with van der Waals surface area (Å²) in [5.41, 5.74) is 4.41. The summed E-state index contributed by atoms with van der Waals surface area (Å²) in [4.78, 5) is 4.55. The molecule has 0 atom stereocenters. The van der Waals surface area contributed by atoms with Gasteiger partial charge in [0.05, 0.1) is 5.69 Å². The van der Waals surface area contributed by atoms with E-state index in [4.69, 9.17) is 4.74 Å². The Bertz CT molecular complexity index is 587. The Morgan fingerprint density at radius 2 is 1.94 bits per heavy atom. The van der Waals surface area contributed by atoms with Crippen LogP contribution in [0.15, 0.2) is 53.5 Å². The third-order valence-electron chi connectivity index (χ3n) is 2.84. The zero-order valence-corrected chi connectivity index (χ0v) is 9.68. The number of fused-ring (bicyclic) bond motifs is 1. The molecular weight excluding hydrogens is 210 g/mol. The van der Waals surface area contributed by atoms with Crippen LogP contribution in [0.3, 0.4) is 0 Å². The van der Waals surface area contributed by atoms with Crippen molar-refractivity contribution in [2.75, 3.05) is 0 Å². The Morgan fingerprint density at radius 1 is 1.06 bits per heavy atom. The van der Waals surface area contributed by atoms with Gasteiger partial charge in [0.25, 0.3) is 0 Å². The first-order valence-corrected chi connectivity index (χ1v) is 5.69. The summed E-state index contributed by atoms with van der Waals surface area (Å²) in [6, 6.07) is 16.3. The van der Waals surface area contributed by atoms with E-state index in [-0.39, 0.29) is 0 Å². The maximum atomic E-state index is 5.70. The molecule has 3 rings (SSSR count). The molecule has 0 radical (unpaired) electrons. The van der Waals surface area contributed by atoms with E-state index in [1.807, 2.05) is 36.4 Å². The van der Waals surface area contributed by atoms with Crippen molar-refractivity contribution < 1.29 is 4.74 Å². The summed E-state index contributed by atoms with van der Waals surface area (Å²) in [6.07, 6.45) is 0. The van der Waals surface area contributed by atoms with Gasteiger partial charge in [0, 0.05) is 11.1 Å². The molecule has 17 heavy (non-hydrogen) atoms. The smallest absolute Gasteiger partial charge is 0.221 e. The molecule has 2 heteroatoms. The fourth-order valence-electron chi connectivity index (χ4n) is 1.96. The molecule has 0 amide bonds. The van der Waals surface area contributed by atoms with Crippen LogP contribution in [-0.4, -0.2) is 5.90 Å². The maximum Gasteiger partial charge on any atom is 0.221 e. The highest BCUT2D eigenvalue weighted by Crippen LogP contribution is 2.25. The van der Waals surface area contributed by atoms with E-state index in [0.29, 0.717) is 12.5 Å². The quantitative estimate of drug-likeness (QED) is 0.723. The molecule has 2 aromatic rings. The maximum absolute atomic E-state index is 5.70. The second kappa shape index (κ2) is 4.06. The molecule has 1 heterocycles. The average Bonchev–Trinajstić information content (AvgIpc) is 2.38. The molecule has 84 valence electrons.